The number of halogens is 1. The van der Waals surface area contributed by atoms with Gasteiger partial charge in [0.1, 0.15) is 6.54 Å². The Morgan fingerprint density at radius 2 is 1.97 bits per heavy atom. The predicted octanol–water partition coefficient (Wildman–Crippen LogP) is 4.16. The molecule has 1 amide bonds. The van der Waals surface area contributed by atoms with Gasteiger partial charge in [-0.2, -0.15) is 5.26 Å². The Morgan fingerprint density at radius 1 is 1.21 bits per heavy atom. The quantitative estimate of drug-likeness (QED) is 0.215. The molecule has 1 fully saturated rings. The van der Waals surface area contributed by atoms with Gasteiger partial charge in [-0.1, -0.05) is 24.4 Å². The van der Waals surface area contributed by atoms with Crippen LogP contribution in [0, 0.1) is 23.2 Å². The van der Waals surface area contributed by atoms with Gasteiger partial charge in [0.2, 0.25) is 5.91 Å². The lowest BCUT2D eigenvalue weighted by Crippen LogP contribution is -2.39. The van der Waals surface area contributed by atoms with Crippen molar-refractivity contribution in [2.45, 2.75) is 35.5 Å². The van der Waals surface area contributed by atoms with E-state index in [9.17, 15) is 13.2 Å². The van der Waals surface area contributed by atoms with Crippen molar-refractivity contribution in [3.8, 4) is 6.07 Å². The summed E-state index contributed by atoms with van der Waals surface area (Å²) in [6.45, 7) is 0.631. The van der Waals surface area contributed by atoms with E-state index in [4.69, 9.17) is 16.9 Å². The van der Waals surface area contributed by atoms with Crippen molar-refractivity contribution in [1.29, 1.82) is 5.26 Å². The summed E-state index contributed by atoms with van der Waals surface area (Å²) >= 11 is 7.64. The molecule has 7 nitrogen and oxygen atoms in total. The number of anilines is 1. The maximum absolute atomic E-state index is 13.0. The van der Waals surface area contributed by atoms with E-state index >= 15 is 0 Å². The fraction of sp³-hybridized carbons (Fsp3) is 0.435. The molecule has 2 aromatic rings. The highest BCUT2D eigenvalue weighted by molar-refractivity contribution is 7.99. The molecule has 33 heavy (non-hydrogen) atoms. The first kappa shape index (κ1) is 25.3. The molecule has 1 aromatic heterocycles. The number of nitrogens with zero attached hydrogens (tertiary/aromatic N) is 2. The lowest BCUT2D eigenvalue weighted by molar-refractivity contribution is -0.127. The van der Waals surface area contributed by atoms with Crippen LogP contribution in [0.3, 0.4) is 0 Å². The molecule has 1 saturated carbocycles. The number of hydrogen-bond acceptors (Lipinski definition) is 7. The molecule has 1 heterocycles. The van der Waals surface area contributed by atoms with Crippen molar-refractivity contribution in [2.24, 2.45) is 11.8 Å². The predicted molar refractivity (Wildman–Crippen MR) is 131 cm³/mol. The first-order chi connectivity index (χ1) is 15.9. The average molecular weight is 507 g/mol. The average Bonchev–Trinajstić information content (AvgIpc) is 2.82. The number of nitriles is 1. The molecule has 0 spiro atoms. The zero-order chi connectivity index (χ0) is 23.7. The van der Waals surface area contributed by atoms with E-state index in [2.05, 4.69) is 15.6 Å². The molecule has 176 valence electrons. The molecule has 1 aliphatic carbocycles. The van der Waals surface area contributed by atoms with Crippen molar-refractivity contribution >= 4 is 44.8 Å². The molecule has 0 saturated heterocycles. The monoisotopic (exact) mass is 506 g/mol. The van der Waals surface area contributed by atoms with Gasteiger partial charge >= 0.3 is 0 Å². The topological polar surface area (TPSA) is 112 Å². The third kappa shape index (κ3) is 7.36. The molecule has 0 bridgehead atoms. The van der Waals surface area contributed by atoms with Crippen LogP contribution in [0.5, 0.6) is 0 Å². The zero-order valence-electron chi connectivity index (χ0n) is 18.2. The lowest BCUT2D eigenvalue weighted by Gasteiger charge is -2.30. The van der Waals surface area contributed by atoms with Gasteiger partial charge in [-0.25, -0.2) is 13.4 Å². The molecule has 10 heteroatoms. The Morgan fingerprint density at radius 3 is 2.70 bits per heavy atom. The van der Waals surface area contributed by atoms with Gasteiger partial charge < -0.3 is 10.6 Å². The van der Waals surface area contributed by atoms with E-state index < -0.39 is 9.84 Å². The van der Waals surface area contributed by atoms with E-state index in [0.717, 1.165) is 29.2 Å². The highest BCUT2D eigenvalue weighted by Gasteiger charge is 2.34. The maximum Gasteiger partial charge on any atom is 0.224 e. The second-order valence-corrected chi connectivity index (χ2v) is 11.5. The van der Waals surface area contributed by atoms with Gasteiger partial charge in [-0.05, 0) is 55.2 Å². The van der Waals surface area contributed by atoms with Gasteiger partial charge in [-0.15, -0.1) is 11.8 Å². The van der Waals surface area contributed by atoms with Crippen LogP contribution in [0.2, 0.25) is 5.15 Å². The van der Waals surface area contributed by atoms with Crippen molar-refractivity contribution in [2.75, 3.05) is 29.9 Å². The fourth-order valence-corrected chi connectivity index (χ4v) is 6.66. The number of amides is 1. The number of aromatic nitrogens is 1. The molecular formula is C23H27ClN4O3S2. The minimum atomic E-state index is -3.52. The van der Waals surface area contributed by atoms with Crippen LogP contribution in [0.15, 0.2) is 52.4 Å². The Labute approximate surface area is 204 Å². The second kappa shape index (κ2) is 12.3. The van der Waals surface area contributed by atoms with Crippen LogP contribution in [0.25, 0.3) is 0 Å². The number of benzene rings is 1. The highest BCUT2D eigenvalue weighted by Crippen LogP contribution is 2.33. The number of pyridine rings is 1. The first-order valence-electron chi connectivity index (χ1n) is 10.9. The van der Waals surface area contributed by atoms with Crippen molar-refractivity contribution in [1.82, 2.24) is 10.3 Å². The molecule has 0 radical (unpaired) electrons. The number of hydrogen-bond donors (Lipinski definition) is 2. The second-order valence-electron chi connectivity index (χ2n) is 7.90. The van der Waals surface area contributed by atoms with E-state index in [0.29, 0.717) is 24.5 Å². The number of rotatable bonds is 10. The first-order valence-corrected chi connectivity index (χ1v) is 13.9. The summed E-state index contributed by atoms with van der Waals surface area (Å²) in [6, 6.07) is 12.5. The molecule has 2 N–H and O–H groups in total. The van der Waals surface area contributed by atoms with Crippen LogP contribution in [-0.4, -0.2) is 43.9 Å². The molecule has 2 atom stereocenters. The van der Waals surface area contributed by atoms with Crippen LogP contribution in [-0.2, 0) is 14.6 Å². The lowest BCUT2D eigenvalue weighted by atomic mass is 9.80. The Bertz CT molecular complexity index is 1090. The van der Waals surface area contributed by atoms with Crippen LogP contribution >= 0.6 is 23.4 Å². The summed E-state index contributed by atoms with van der Waals surface area (Å²) in [5.41, 5.74) is 0.781. The Hall–Kier alpha value is -2.28. The summed E-state index contributed by atoms with van der Waals surface area (Å²) in [6.07, 6.45) is 4.80. The standard InChI is InChI=1S/C23H27ClN4O3S2/c24-22-21(6-3-12-27-22)26-14-15-32-18-7-9-19(10-8-18)33(30,31)16-17-4-1-2-5-20(17)23(29)28-13-11-25/h3,6-10,12,17,20,26H,1-2,4-5,13-16H2,(H,28,29). The maximum atomic E-state index is 13.0. The van der Waals surface area contributed by atoms with Crippen LogP contribution in [0.4, 0.5) is 5.69 Å². The largest absolute Gasteiger partial charge is 0.382 e. The molecule has 2 unspecified atom stereocenters. The minimum Gasteiger partial charge on any atom is -0.382 e. The SMILES string of the molecule is N#CCNC(=O)C1CCCCC1CS(=O)(=O)c1ccc(SCCNc2cccnc2Cl)cc1. The zero-order valence-corrected chi connectivity index (χ0v) is 20.6. The number of thioether (sulfide) groups is 1. The molecule has 3 rings (SSSR count). The van der Waals surface area contributed by atoms with Crippen LogP contribution in [0.1, 0.15) is 25.7 Å². The number of carbonyl (C=O) groups is 1. The summed E-state index contributed by atoms with van der Waals surface area (Å²) in [5, 5.41) is 14.9. The smallest absolute Gasteiger partial charge is 0.224 e. The van der Waals surface area contributed by atoms with Gasteiger partial charge in [0.15, 0.2) is 15.0 Å². The van der Waals surface area contributed by atoms with Crippen molar-refractivity contribution < 1.29 is 13.2 Å². The number of nitrogens with one attached hydrogen (secondary N) is 2. The van der Waals surface area contributed by atoms with Crippen molar-refractivity contribution in [3.63, 3.8) is 0 Å². The third-order valence-electron chi connectivity index (χ3n) is 5.65. The van der Waals surface area contributed by atoms with Gasteiger partial charge in [-0.3, -0.25) is 4.79 Å². The highest BCUT2D eigenvalue weighted by atomic mass is 35.5. The van der Waals surface area contributed by atoms with Gasteiger partial charge in [0.25, 0.3) is 0 Å². The number of sulfone groups is 1. The normalized spacial score (nSPS) is 18.3. The summed E-state index contributed by atoms with van der Waals surface area (Å²) in [7, 11) is -3.52. The molecule has 1 aromatic carbocycles. The van der Waals surface area contributed by atoms with E-state index in [1.165, 1.54) is 0 Å². The molecular weight excluding hydrogens is 480 g/mol. The summed E-state index contributed by atoms with van der Waals surface area (Å²) < 4.78 is 26.0. The molecule has 1 aliphatic rings. The fourth-order valence-electron chi connectivity index (χ4n) is 4.00. The minimum absolute atomic E-state index is 0.0556. The summed E-state index contributed by atoms with van der Waals surface area (Å²) in [4.78, 5) is 17.7. The third-order valence-corrected chi connectivity index (χ3v) is 8.82. The van der Waals surface area contributed by atoms with Crippen LogP contribution < -0.4 is 10.6 Å². The Kier molecular flexibility index (Phi) is 9.41. The van der Waals surface area contributed by atoms with E-state index in [1.807, 2.05) is 30.3 Å². The van der Waals surface area contributed by atoms with E-state index in [1.54, 1.807) is 30.1 Å². The Balaban J connectivity index is 1.54. The van der Waals surface area contributed by atoms with E-state index in [-0.39, 0.29) is 34.9 Å². The number of carbonyl (C=O) groups excluding carboxylic acids is 1. The van der Waals surface area contributed by atoms with Gasteiger partial charge in [0.05, 0.1) is 22.4 Å². The van der Waals surface area contributed by atoms with Gasteiger partial charge in [0, 0.05) is 29.3 Å². The summed E-state index contributed by atoms with van der Waals surface area (Å²) in [5.74, 6) is -0.0949. The van der Waals surface area contributed by atoms with Crippen molar-refractivity contribution in [3.05, 3.63) is 47.7 Å². The molecule has 0 aliphatic heterocycles.